The van der Waals surface area contributed by atoms with Crippen LogP contribution in [-0.4, -0.2) is 18.2 Å². The fraction of sp³-hybridized carbons (Fsp3) is 0.621. The van der Waals surface area contributed by atoms with Gasteiger partial charge >= 0.3 is 0 Å². The maximum Gasteiger partial charge on any atom is 0.135 e. The van der Waals surface area contributed by atoms with Crippen LogP contribution in [0, 0.1) is 13.8 Å². The van der Waals surface area contributed by atoms with Gasteiger partial charge in [0.25, 0.3) is 0 Å². The van der Waals surface area contributed by atoms with Crippen LogP contribution >= 0.6 is 0 Å². The molecule has 0 N–H and O–H groups in total. The van der Waals surface area contributed by atoms with Crippen molar-refractivity contribution in [1.82, 2.24) is 4.98 Å². The molecule has 0 aliphatic carbocycles. The summed E-state index contributed by atoms with van der Waals surface area (Å²) in [6.45, 7) is 10.3. The first-order chi connectivity index (χ1) is 15.7. The van der Waals surface area contributed by atoms with E-state index in [4.69, 9.17) is 9.47 Å². The molecule has 178 valence electrons. The molecule has 0 amide bonds. The molecule has 0 radical (unpaired) electrons. The number of rotatable bonds is 17. The van der Waals surface area contributed by atoms with Gasteiger partial charge in [0.2, 0.25) is 0 Å². The van der Waals surface area contributed by atoms with Crippen LogP contribution in [0.1, 0.15) is 102 Å². The lowest BCUT2D eigenvalue weighted by atomic mass is 10.0. The fourth-order valence-corrected chi connectivity index (χ4v) is 4.02. The lowest BCUT2D eigenvalue weighted by molar-refractivity contribution is 0.287. The van der Waals surface area contributed by atoms with E-state index in [0.717, 1.165) is 54.4 Å². The van der Waals surface area contributed by atoms with Crippen molar-refractivity contribution in [2.24, 2.45) is 0 Å². The van der Waals surface area contributed by atoms with Crippen molar-refractivity contribution < 1.29 is 9.47 Å². The largest absolute Gasteiger partial charge is 0.493 e. The predicted octanol–water partition coefficient (Wildman–Crippen LogP) is 8.84. The molecular weight excluding hydrogens is 394 g/mol. The Labute approximate surface area is 197 Å². The Morgan fingerprint density at radius 2 is 1.28 bits per heavy atom. The van der Waals surface area contributed by atoms with Gasteiger partial charge in [-0.05, 0) is 56.5 Å². The molecule has 0 atom stereocenters. The van der Waals surface area contributed by atoms with Crippen LogP contribution in [0.2, 0.25) is 0 Å². The smallest absolute Gasteiger partial charge is 0.135 e. The lowest BCUT2D eigenvalue weighted by Crippen LogP contribution is -2.04. The first-order valence-electron chi connectivity index (χ1n) is 13.0. The Bertz CT molecular complexity index is 772. The third kappa shape index (κ3) is 9.22. The Hall–Kier alpha value is -2.03. The molecule has 1 aromatic carbocycles. The number of unbranched alkanes of at least 4 members (excludes halogenated alkanes) is 10. The first kappa shape index (κ1) is 26.2. The monoisotopic (exact) mass is 439 g/mol. The summed E-state index contributed by atoms with van der Waals surface area (Å²) >= 11 is 0. The van der Waals surface area contributed by atoms with E-state index < -0.39 is 0 Å². The number of hydrogen-bond acceptors (Lipinski definition) is 3. The molecule has 0 fully saturated rings. The van der Waals surface area contributed by atoms with Crippen molar-refractivity contribution >= 4 is 0 Å². The summed E-state index contributed by atoms with van der Waals surface area (Å²) in [6.07, 6.45) is 17.1. The molecule has 0 saturated heterocycles. The highest BCUT2D eigenvalue weighted by atomic mass is 16.5. The zero-order valence-corrected chi connectivity index (χ0v) is 21.0. The molecule has 0 aliphatic rings. The second-order valence-electron chi connectivity index (χ2n) is 9.02. The van der Waals surface area contributed by atoms with E-state index in [-0.39, 0.29) is 0 Å². The second kappa shape index (κ2) is 15.7. The van der Waals surface area contributed by atoms with Gasteiger partial charge in [-0.2, -0.15) is 0 Å². The summed E-state index contributed by atoms with van der Waals surface area (Å²) in [4.78, 5) is 4.61. The van der Waals surface area contributed by atoms with Crippen molar-refractivity contribution in [3.8, 4) is 22.8 Å². The minimum atomic E-state index is 0.743. The summed E-state index contributed by atoms with van der Waals surface area (Å²) in [5.74, 6) is 1.87. The maximum atomic E-state index is 6.36. The summed E-state index contributed by atoms with van der Waals surface area (Å²) in [7, 11) is 0. The number of hydrogen-bond donors (Lipinski definition) is 0. The molecular formula is C29H45NO2. The van der Waals surface area contributed by atoms with Crippen molar-refractivity contribution in [1.29, 1.82) is 0 Å². The number of aromatic nitrogens is 1. The number of pyridine rings is 1. The summed E-state index contributed by atoms with van der Waals surface area (Å²) in [6, 6.07) is 8.36. The Morgan fingerprint density at radius 3 is 1.91 bits per heavy atom. The first-order valence-corrected chi connectivity index (χ1v) is 13.0. The molecule has 1 heterocycles. The van der Waals surface area contributed by atoms with Crippen molar-refractivity contribution in [3.63, 3.8) is 0 Å². The van der Waals surface area contributed by atoms with Crippen molar-refractivity contribution in [3.05, 3.63) is 41.6 Å². The van der Waals surface area contributed by atoms with Gasteiger partial charge in [-0.3, -0.25) is 4.98 Å². The topological polar surface area (TPSA) is 31.4 Å². The Morgan fingerprint density at radius 1 is 0.688 bits per heavy atom. The van der Waals surface area contributed by atoms with Gasteiger partial charge in [0.15, 0.2) is 0 Å². The maximum absolute atomic E-state index is 6.36. The van der Waals surface area contributed by atoms with Gasteiger partial charge in [-0.15, -0.1) is 0 Å². The van der Waals surface area contributed by atoms with Gasteiger partial charge in [0.1, 0.15) is 11.5 Å². The second-order valence-corrected chi connectivity index (χ2v) is 9.02. The van der Waals surface area contributed by atoms with E-state index in [0.29, 0.717) is 0 Å². The predicted molar refractivity (Wildman–Crippen MR) is 137 cm³/mol. The molecule has 1 aromatic heterocycles. The van der Waals surface area contributed by atoms with E-state index in [1.54, 1.807) is 0 Å². The molecule has 2 rings (SSSR count). The van der Waals surface area contributed by atoms with Crippen molar-refractivity contribution in [2.45, 2.75) is 105 Å². The summed E-state index contributed by atoms with van der Waals surface area (Å²) < 4.78 is 12.5. The van der Waals surface area contributed by atoms with Crippen LogP contribution < -0.4 is 9.47 Å². The van der Waals surface area contributed by atoms with E-state index in [1.165, 1.54) is 69.8 Å². The average Bonchev–Trinajstić information content (AvgIpc) is 2.79. The van der Waals surface area contributed by atoms with Crippen LogP contribution in [0.5, 0.6) is 11.5 Å². The summed E-state index contributed by atoms with van der Waals surface area (Å²) in [5, 5.41) is 0. The zero-order chi connectivity index (χ0) is 23.0. The van der Waals surface area contributed by atoms with Gasteiger partial charge < -0.3 is 9.47 Å². The normalized spacial score (nSPS) is 11.0. The van der Waals surface area contributed by atoms with Gasteiger partial charge in [-0.25, -0.2) is 0 Å². The molecule has 3 heteroatoms. The highest BCUT2D eigenvalue weighted by Crippen LogP contribution is 2.37. The SMILES string of the molecule is CCCCCCCCOc1ccc(-c2cc(C)ccn2)c(OCCCCCCCC)c1C. The highest BCUT2D eigenvalue weighted by Gasteiger charge is 2.15. The van der Waals surface area contributed by atoms with Crippen LogP contribution in [0.15, 0.2) is 30.5 Å². The molecule has 0 bridgehead atoms. The fourth-order valence-electron chi connectivity index (χ4n) is 4.02. The minimum absolute atomic E-state index is 0.743. The number of aryl methyl sites for hydroxylation is 1. The third-order valence-corrected chi connectivity index (χ3v) is 6.05. The van der Waals surface area contributed by atoms with E-state index in [2.05, 4.69) is 50.9 Å². The average molecular weight is 440 g/mol. The highest BCUT2D eigenvalue weighted by molar-refractivity contribution is 5.71. The number of nitrogens with zero attached hydrogens (tertiary/aromatic N) is 1. The van der Waals surface area contributed by atoms with E-state index in [1.807, 2.05) is 12.3 Å². The molecule has 0 unspecified atom stereocenters. The van der Waals surface area contributed by atoms with Gasteiger partial charge in [0, 0.05) is 17.3 Å². The Kier molecular flexibility index (Phi) is 12.9. The number of benzene rings is 1. The molecule has 0 aliphatic heterocycles. The standard InChI is InChI=1S/C29H45NO2/c1-5-7-9-11-13-15-21-31-28-18-17-26(27-23-24(3)19-20-30-27)29(25(28)4)32-22-16-14-12-10-8-6-2/h17-20,23H,5-16,21-22H2,1-4H3. The van der Waals surface area contributed by atoms with E-state index in [9.17, 15) is 0 Å². The molecule has 3 nitrogen and oxygen atoms in total. The zero-order valence-electron chi connectivity index (χ0n) is 21.0. The third-order valence-electron chi connectivity index (χ3n) is 6.05. The molecule has 2 aromatic rings. The molecule has 0 saturated carbocycles. The molecule has 32 heavy (non-hydrogen) atoms. The van der Waals surface area contributed by atoms with Crippen LogP contribution in [0.25, 0.3) is 11.3 Å². The van der Waals surface area contributed by atoms with Crippen LogP contribution in [0.4, 0.5) is 0 Å². The van der Waals surface area contributed by atoms with Crippen LogP contribution in [-0.2, 0) is 0 Å². The van der Waals surface area contributed by atoms with Gasteiger partial charge in [-0.1, -0.05) is 78.1 Å². The van der Waals surface area contributed by atoms with Crippen molar-refractivity contribution in [2.75, 3.05) is 13.2 Å². The lowest BCUT2D eigenvalue weighted by Gasteiger charge is -2.18. The van der Waals surface area contributed by atoms with Gasteiger partial charge in [0.05, 0.1) is 18.9 Å². The quantitative estimate of drug-likeness (QED) is 0.231. The van der Waals surface area contributed by atoms with Crippen LogP contribution in [0.3, 0.4) is 0 Å². The summed E-state index contributed by atoms with van der Waals surface area (Å²) in [5.41, 5.74) is 4.32. The van der Waals surface area contributed by atoms with E-state index >= 15 is 0 Å². The number of ether oxygens (including phenoxy) is 2. The molecule has 0 spiro atoms. The minimum Gasteiger partial charge on any atom is -0.493 e. The Balaban J connectivity index is 2.02.